The maximum Gasteiger partial charge on any atom is 0.336 e. The van der Waals surface area contributed by atoms with Crippen LogP contribution in [0.3, 0.4) is 0 Å². The van der Waals surface area contributed by atoms with Gasteiger partial charge in [0.2, 0.25) is 10.0 Å². The van der Waals surface area contributed by atoms with Crippen LogP contribution in [0.4, 0.5) is 0 Å². The SMILES string of the molecule is Cc1csc(CN(C)S(=O)(=O)c2ccc3oc(=O)ccc3c2)n1. The molecule has 0 aliphatic heterocycles. The first kappa shape index (κ1) is 15.9. The molecule has 0 fully saturated rings. The van der Waals surface area contributed by atoms with Crippen LogP contribution in [0.2, 0.25) is 0 Å². The monoisotopic (exact) mass is 350 g/mol. The van der Waals surface area contributed by atoms with E-state index >= 15 is 0 Å². The molecule has 0 saturated heterocycles. The van der Waals surface area contributed by atoms with E-state index in [-0.39, 0.29) is 11.4 Å². The second-order valence-electron chi connectivity index (χ2n) is 5.10. The van der Waals surface area contributed by atoms with Gasteiger partial charge in [-0.15, -0.1) is 11.3 Å². The van der Waals surface area contributed by atoms with Crippen LogP contribution in [-0.4, -0.2) is 24.8 Å². The first-order chi connectivity index (χ1) is 10.9. The fraction of sp³-hybridized carbons (Fsp3) is 0.200. The van der Waals surface area contributed by atoms with E-state index in [4.69, 9.17) is 4.42 Å². The highest BCUT2D eigenvalue weighted by Gasteiger charge is 2.22. The molecule has 0 aliphatic carbocycles. The number of hydrogen-bond acceptors (Lipinski definition) is 6. The van der Waals surface area contributed by atoms with Gasteiger partial charge in [0.25, 0.3) is 0 Å². The third kappa shape index (κ3) is 3.19. The van der Waals surface area contributed by atoms with Crippen LogP contribution in [0.5, 0.6) is 0 Å². The van der Waals surface area contributed by atoms with E-state index < -0.39 is 15.6 Å². The van der Waals surface area contributed by atoms with Gasteiger partial charge in [0.1, 0.15) is 10.6 Å². The molecule has 3 rings (SSSR count). The summed E-state index contributed by atoms with van der Waals surface area (Å²) in [4.78, 5) is 15.6. The third-order valence-corrected chi connectivity index (χ3v) is 6.07. The Balaban J connectivity index is 1.95. The van der Waals surface area contributed by atoms with Crippen molar-refractivity contribution in [1.82, 2.24) is 9.29 Å². The maximum absolute atomic E-state index is 12.7. The van der Waals surface area contributed by atoms with Gasteiger partial charge in [-0.3, -0.25) is 0 Å². The molecule has 120 valence electrons. The molecule has 0 saturated carbocycles. The van der Waals surface area contributed by atoms with Crippen LogP contribution in [0.1, 0.15) is 10.7 Å². The van der Waals surface area contributed by atoms with Crippen molar-refractivity contribution in [1.29, 1.82) is 0 Å². The molecule has 1 aromatic carbocycles. The van der Waals surface area contributed by atoms with Gasteiger partial charge in [-0.05, 0) is 31.2 Å². The molecular weight excluding hydrogens is 336 g/mol. The zero-order valence-electron chi connectivity index (χ0n) is 12.5. The van der Waals surface area contributed by atoms with E-state index in [1.165, 1.54) is 47.0 Å². The fourth-order valence-electron chi connectivity index (χ4n) is 2.14. The average molecular weight is 350 g/mol. The summed E-state index contributed by atoms with van der Waals surface area (Å²) in [6, 6.07) is 7.23. The van der Waals surface area contributed by atoms with Crippen molar-refractivity contribution in [2.75, 3.05) is 7.05 Å². The molecular formula is C15H14N2O4S2. The molecule has 0 aliphatic rings. The lowest BCUT2D eigenvalue weighted by atomic mass is 10.2. The number of sulfonamides is 1. The van der Waals surface area contributed by atoms with Crippen LogP contribution in [-0.2, 0) is 16.6 Å². The van der Waals surface area contributed by atoms with Crippen LogP contribution in [0.25, 0.3) is 11.0 Å². The predicted molar refractivity (Wildman–Crippen MR) is 88.0 cm³/mol. The molecule has 6 nitrogen and oxygen atoms in total. The van der Waals surface area contributed by atoms with Crippen molar-refractivity contribution >= 4 is 32.3 Å². The van der Waals surface area contributed by atoms with Gasteiger partial charge in [0, 0.05) is 29.6 Å². The highest BCUT2D eigenvalue weighted by atomic mass is 32.2. The van der Waals surface area contributed by atoms with E-state index in [1.807, 2.05) is 12.3 Å². The molecule has 0 atom stereocenters. The van der Waals surface area contributed by atoms with Crippen molar-refractivity contribution < 1.29 is 12.8 Å². The number of rotatable bonds is 4. The minimum absolute atomic E-state index is 0.148. The predicted octanol–water partition coefficient (Wildman–Crippen LogP) is 2.38. The zero-order valence-corrected chi connectivity index (χ0v) is 14.1. The topological polar surface area (TPSA) is 80.5 Å². The van der Waals surface area contributed by atoms with Gasteiger partial charge in [-0.25, -0.2) is 18.2 Å². The average Bonchev–Trinajstić information content (AvgIpc) is 2.91. The van der Waals surface area contributed by atoms with E-state index in [9.17, 15) is 13.2 Å². The minimum atomic E-state index is -3.65. The Kier molecular flexibility index (Phi) is 4.05. The summed E-state index contributed by atoms with van der Waals surface area (Å²) in [5.41, 5.74) is 0.760. The van der Waals surface area contributed by atoms with Crippen molar-refractivity contribution in [2.24, 2.45) is 0 Å². The van der Waals surface area contributed by atoms with Gasteiger partial charge >= 0.3 is 5.63 Å². The van der Waals surface area contributed by atoms with Crippen LogP contribution in [0, 0.1) is 6.92 Å². The molecule has 8 heteroatoms. The van der Waals surface area contributed by atoms with Crippen molar-refractivity contribution in [2.45, 2.75) is 18.4 Å². The van der Waals surface area contributed by atoms with E-state index in [2.05, 4.69) is 4.98 Å². The Labute approximate surface area is 137 Å². The third-order valence-electron chi connectivity index (χ3n) is 3.32. The normalized spacial score (nSPS) is 12.1. The van der Waals surface area contributed by atoms with E-state index in [0.717, 1.165) is 10.7 Å². The van der Waals surface area contributed by atoms with Gasteiger partial charge in [-0.2, -0.15) is 4.31 Å². The van der Waals surface area contributed by atoms with E-state index in [1.54, 1.807) is 6.07 Å². The minimum Gasteiger partial charge on any atom is -0.423 e. The molecule has 0 bridgehead atoms. The summed E-state index contributed by atoms with van der Waals surface area (Å²) in [5.74, 6) is 0. The molecule has 23 heavy (non-hydrogen) atoms. The molecule has 0 N–H and O–H groups in total. The quantitative estimate of drug-likeness (QED) is 0.675. The summed E-state index contributed by atoms with van der Waals surface area (Å²) < 4.78 is 31.6. The van der Waals surface area contributed by atoms with Crippen LogP contribution < -0.4 is 5.63 Å². The Hall–Kier alpha value is -2.03. The maximum atomic E-state index is 12.7. The molecule has 0 amide bonds. The van der Waals surface area contributed by atoms with E-state index in [0.29, 0.717) is 11.0 Å². The van der Waals surface area contributed by atoms with Crippen molar-refractivity contribution in [3.05, 3.63) is 56.8 Å². The Morgan fingerprint density at radius 2 is 2.04 bits per heavy atom. The molecule has 2 aromatic heterocycles. The number of thiazole rings is 1. The fourth-order valence-corrected chi connectivity index (χ4v) is 4.22. The van der Waals surface area contributed by atoms with Crippen LogP contribution >= 0.6 is 11.3 Å². The highest BCUT2D eigenvalue weighted by molar-refractivity contribution is 7.89. The lowest BCUT2D eigenvalue weighted by Crippen LogP contribution is -2.26. The smallest absolute Gasteiger partial charge is 0.336 e. The number of aryl methyl sites for hydroxylation is 1. The lowest BCUT2D eigenvalue weighted by Gasteiger charge is -2.16. The van der Waals surface area contributed by atoms with Crippen molar-refractivity contribution in [3.63, 3.8) is 0 Å². The Morgan fingerprint density at radius 1 is 1.26 bits per heavy atom. The van der Waals surface area contributed by atoms with Gasteiger partial charge in [0.15, 0.2) is 0 Å². The van der Waals surface area contributed by atoms with Crippen molar-refractivity contribution in [3.8, 4) is 0 Å². The second-order valence-corrected chi connectivity index (χ2v) is 8.09. The Morgan fingerprint density at radius 3 is 2.74 bits per heavy atom. The Bertz CT molecular complexity index is 1020. The summed E-state index contributed by atoms with van der Waals surface area (Å²) >= 11 is 1.43. The summed E-state index contributed by atoms with van der Waals surface area (Å²) in [7, 11) is -2.13. The summed E-state index contributed by atoms with van der Waals surface area (Å²) in [6.07, 6.45) is 0. The molecule has 0 unspecified atom stereocenters. The van der Waals surface area contributed by atoms with Gasteiger partial charge in [0.05, 0.1) is 11.4 Å². The number of benzene rings is 1. The first-order valence-corrected chi connectivity index (χ1v) is 9.09. The van der Waals surface area contributed by atoms with Crippen LogP contribution in [0.15, 0.2) is 49.8 Å². The lowest BCUT2D eigenvalue weighted by molar-refractivity contribution is 0.465. The zero-order chi connectivity index (χ0) is 16.6. The highest BCUT2D eigenvalue weighted by Crippen LogP contribution is 2.22. The summed E-state index contributed by atoms with van der Waals surface area (Å²) in [5, 5.41) is 3.18. The number of hydrogen-bond donors (Lipinski definition) is 0. The number of aromatic nitrogens is 1. The second kappa shape index (κ2) is 5.88. The standard InChI is InChI=1S/C15H14N2O4S2/c1-10-9-22-14(16-10)8-17(2)23(19,20)12-4-5-13-11(7-12)3-6-15(18)21-13/h3-7,9H,8H2,1-2H3. The molecule has 0 radical (unpaired) electrons. The van der Waals surface area contributed by atoms with Gasteiger partial charge in [-0.1, -0.05) is 0 Å². The summed E-state index contributed by atoms with van der Waals surface area (Å²) in [6.45, 7) is 2.08. The van der Waals surface area contributed by atoms with Gasteiger partial charge < -0.3 is 4.42 Å². The molecule has 3 aromatic rings. The number of fused-ring (bicyclic) bond motifs is 1. The number of nitrogens with zero attached hydrogens (tertiary/aromatic N) is 2. The first-order valence-electron chi connectivity index (χ1n) is 6.77. The molecule has 0 spiro atoms. The largest absolute Gasteiger partial charge is 0.423 e. The molecule has 2 heterocycles.